The monoisotopic (exact) mass is 497 g/mol. The van der Waals surface area contributed by atoms with Crippen molar-refractivity contribution in [1.29, 1.82) is 0 Å². The van der Waals surface area contributed by atoms with Crippen LogP contribution in [0.25, 0.3) is 11.0 Å². The van der Waals surface area contributed by atoms with Gasteiger partial charge in [-0.1, -0.05) is 0 Å². The number of hydrogen-bond donors (Lipinski definition) is 2. The quantitative estimate of drug-likeness (QED) is 0.676. The Bertz CT molecular complexity index is 1210. The molecule has 2 amide bonds. The molecule has 0 radical (unpaired) electrons. The van der Waals surface area contributed by atoms with Gasteiger partial charge in [-0.05, 0) is 92.7 Å². The Kier molecular flexibility index (Phi) is 5.01. The molecule has 2 N–H and O–H groups in total. The van der Waals surface area contributed by atoms with E-state index in [0.29, 0.717) is 32.1 Å². The van der Waals surface area contributed by atoms with Crippen molar-refractivity contribution in [1.82, 2.24) is 24.5 Å². The van der Waals surface area contributed by atoms with Gasteiger partial charge in [-0.2, -0.15) is 0 Å². The summed E-state index contributed by atoms with van der Waals surface area (Å²) in [5.41, 5.74) is 2.09. The van der Waals surface area contributed by atoms with Crippen LogP contribution in [0, 0.1) is 17.8 Å². The second kappa shape index (κ2) is 7.93. The number of nitrogens with one attached hydrogen (secondary N) is 2. The molecule has 8 nitrogen and oxygen atoms in total. The van der Waals surface area contributed by atoms with E-state index < -0.39 is 15.3 Å². The molecule has 8 rings (SSSR count). The van der Waals surface area contributed by atoms with E-state index in [9.17, 15) is 13.2 Å². The molecule has 4 saturated carbocycles. The van der Waals surface area contributed by atoms with Crippen molar-refractivity contribution in [3.63, 3.8) is 0 Å². The normalized spacial score (nSPS) is 33.8. The number of sulfonamides is 1. The number of carbonyl (C=O) groups is 1. The third kappa shape index (κ3) is 3.68. The Labute approximate surface area is 206 Å². The first kappa shape index (κ1) is 22.1. The van der Waals surface area contributed by atoms with Crippen LogP contribution in [0.5, 0.6) is 0 Å². The van der Waals surface area contributed by atoms with Gasteiger partial charge >= 0.3 is 6.03 Å². The maximum Gasteiger partial charge on any atom is 0.317 e. The molecule has 2 aromatic heterocycles. The number of piperidine rings is 1. The number of aromatic amines is 1. The van der Waals surface area contributed by atoms with E-state index in [1.165, 1.54) is 24.8 Å². The van der Waals surface area contributed by atoms with Crippen molar-refractivity contribution in [2.45, 2.75) is 68.1 Å². The minimum Gasteiger partial charge on any atom is -0.346 e. The molecule has 2 aliphatic heterocycles. The van der Waals surface area contributed by atoms with Gasteiger partial charge in [0.25, 0.3) is 0 Å². The number of hydrogen-bond acceptors (Lipinski definition) is 4. The van der Waals surface area contributed by atoms with Crippen molar-refractivity contribution in [2.24, 2.45) is 17.8 Å². The first-order valence-corrected chi connectivity index (χ1v) is 14.9. The van der Waals surface area contributed by atoms with Crippen molar-refractivity contribution in [3.8, 4) is 0 Å². The smallest absolute Gasteiger partial charge is 0.317 e. The Morgan fingerprint density at radius 1 is 1.06 bits per heavy atom. The molecule has 0 spiro atoms. The Morgan fingerprint density at radius 2 is 1.71 bits per heavy atom. The molecule has 4 heterocycles. The Hall–Kier alpha value is -2.13. The van der Waals surface area contributed by atoms with E-state index in [0.717, 1.165) is 60.9 Å². The fraction of sp³-hybridized carbons (Fsp3) is 0.692. The lowest BCUT2D eigenvalue weighted by Gasteiger charge is -2.57. The first-order valence-electron chi connectivity index (χ1n) is 13.4. The number of fused-ring (bicyclic) bond motifs is 1. The summed E-state index contributed by atoms with van der Waals surface area (Å²) in [6.45, 7) is 1.70. The topological polar surface area (TPSA) is 98.4 Å². The van der Waals surface area contributed by atoms with Gasteiger partial charge in [-0.3, -0.25) is 0 Å². The number of pyridine rings is 1. The zero-order valence-electron chi connectivity index (χ0n) is 20.2. The van der Waals surface area contributed by atoms with Gasteiger partial charge in [-0.25, -0.2) is 22.5 Å². The molecule has 6 aliphatic rings. The van der Waals surface area contributed by atoms with Gasteiger partial charge in [-0.15, -0.1) is 0 Å². The Balaban J connectivity index is 0.947. The van der Waals surface area contributed by atoms with E-state index >= 15 is 0 Å². The average Bonchev–Trinajstić information content (AvgIpc) is 3.21. The molecule has 0 aromatic carbocycles. The molecule has 9 heteroatoms. The highest BCUT2D eigenvalue weighted by Gasteiger charge is 2.53. The molecule has 35 heavy (non-hydrogen) atoms. The van der Waals surface area contributed by atoms with Gasteiger partial charge in [0.05, 0.1) is 0 Å². The molecule has 4 bridgehead atoms. The van der Waals surface area contributed by atoms with Crippen LogP contribution in [-0.2, 0) is 10.0 Å². The van der Waals surface area contributed by atoms with Crippen molar-refractivity contribution < 1.29 is 13.2 Å². The highest BCUT2D eigenvalue weighted by atomic mass is 32.2. The van der Waals surface area contributed by atoms with Crippen LogP contribution in [0.15, 0.2) is 24.5 Å². The fourth-order valence-corrected chi connectivity index (χ4v) is 10.2. The van der Waals surface area contributed by atoms with Crippen LogP contribution >= 0.6 is 0 Å². The Morgan fingerprint density at radius 3 is 2.37 bits per heavy atom. The maximum atomic E-state index is 13.3. The van der Waals surface area contributed by atoms with E-state index in [1.54, 1.807) is 15.4 Å². The first-order chi connectivity index (χ1) is 16.9. The SMILES string of the molecule is O=C(NC12CC3CC(CC(C3)C1)C2)N1CC(S(=O)(=O)N2CCC(c3c[nH]c4ncccc34)CC2)C1. The number of nitrogens with zero attached hydrogens (tertiary/aromatic N) is 3. The summed E-state index contributed by atoms with van der Waals surface area (Å²) >= 11 is 0. The zero-order valence-corrected chi connectivity index (χ0v) is 21.0. The molecule has 188 valence electrons. The van der Waals surface area contributed by atoms with Gasteiger partial charge in [0, 0.05) is 49.5 Å². The second-order valence-electron chi connectivity index (χ2n) is 12.0. The van der Waals surface area contributed by atoms with Crippen LogP contribution in [0.4, 0.5) is 4.79 Å². The summed E-state index contributed by atoms with van der Waals surface area (Å²) in [5.74, 6) is 2.65. The van der Waals surface area contributed by atoms with Gasteiger partial charge in [0.15, 0.2) is 0 Å². The van der Waals surface area contributed by atoms with Crippen LogP contribution in [0.2, 0.25) is 0 Å². The number of amides is 2. The third-order valence-electron chi connectivity index (χ3n) is 9.70. The summed E-state index contributed by atoms with van der Waals surface area (Å²) in [7, 11) is -3.39. The molecule has 2 aromatic rings. The highest BCUT2D eigenvalue weighted by molar-refractivity contribution is 7.89. The number of likely N-dealkylation sites (tertiary alicyclic amines) is 1. The summed E-state index contributed by atoms with van der Waals surface area (Å²) in [6.07, 6.45) is 12.8. The maximum absolute atomic E-state index is 13.3. The molecular weight excluding hydrogens is 462 g/mol. The lowest BCUT2D eigenvalue weighted by atomic mass is 9.53. The lowest BCUT2D eigenvalue weighted by Crippen LogP contribution is -2.67. The van der Waals surface area contributed by atoms with Gasteiger partial charge in [0.2, 0.25) is 10.0 Å². The number of aromatic nitrogens is 2. The lowest BCUT2D eigenvalue weighted by molar-refractivity contribution is -0.0166. The number of H-pyrrole nitrogens is 1. The van der Waals surface area contributed by atoms with Crippen molar-refractivity contribution >= 4 is 27.1 Å². The molecule has 4 aliphatic carbocycles. The largest absolute Gasteiger partial charge is 0.346 e. The summed E-state index contributed by atoms with van der Waals surface area (Å²) < 4.78 is 28.3. The summed E-state index contributed by atoms with van der Waals surface area (Å²) in [6, 6.07) is 3.97. The number of carbonyl (C=O) groups excluding carboxylic acids is 1. The van der Waals surface area contributed by atoms with Crippen molar-refractivity contribution in [2.75, 3.05) is 26.2 Å². The van der Waals surface area contributed by atoms with Crippen LogP contribution in [0.3, 0.4) is 0 Å². The third-order valence-corrected chi connectivity index (χ3v) is 11.9. The summed E-state index contributed by atoms with van der Waals surface area (Å²) in [4.78, 5) is 22.4. The molecule has 0 unspecified atom stereocenters. The van der Waals surface area contributed by atoms with Crippen molar-refractivity contribution in [3.05, 3.63) is 30.1 Å². The van der Waals surface area contributed by atoms with Crippen LogP contribution in [-0.4, -0.2) is 70.6 Å². The molecule has 6 fully saturated rings. The van der Waals surface area contributed by atoms with E-state index in [1.807, 2.05) is 12.3 Å². The minimum absolute atomic E-state index is 0.0321. The summed E-state index contributed by atoms with van der Waals surface area (Å²) in [5, 5.41) is 4.04. The van der Waals surface area contributed by atoms with Crippen LogP contribution in [0.1, 0.15) is 62.8 Å². The molecule has 0 atom stereocenters. The second-order valence-corrected chi connectivity index (χ2v) is 14.2. The molecular formula is C26H35N5O3S. The fourth-order valence-electron chi connectivity index (χ4n) is 8.31. The number of rotatable bonds is 4. The zero-order chi connectivity index (χ0) is 23.8. The standard InChI is InChI=1S/C26H35N5O3S/c32-25(29-26-11-17-8-18(12-26)10-19(9-17)13-26)30-15-21(16-30)35(33,34)31-6-3-20(4-7-31)23-14-28-24-22(23)2-1-5-27-24/h1-2,5,14,17-21H,3-4,6-13,15-16H2,(H,27,28)(H,29,32). The predicted octanol–water partition coefficient (Wildman–Crippen LogP) is 3.43. The van der Waals surface area contributed by atoms with Gasteiger partial charge in [0.1, 0.15) is 10.9 Å². The molecule has 2 saturated heterocycles. The van der Waals surface area contributed by atoms with E-state index in [4.69, 9.17) is 0 Å². The van der Waals surface area contributed by atoms with E-state index in [2.05, 4.69) is 21.4 Å². The average molecular weight is 498 g/mol. The minimum atomic E-state index is -3.39. The number of urea groups is 1. The predicted molar refractivity (Wildman–Crippen MR) is 133 cm³/mol. The van der Waals surface area contributed by atoms with E-state index in [-0.39, 0.29) is 11.6 Å². The van der Waals surface area contributed by atoms with Gasteiger partial charge < -0.3 is 15.2 Å². The highest BCUT2D eigenvalue weighted by Crippen LogP contribution is 2.55. The van der Waals surface area contributed by atoms with Crippen LogP contribution < -0.4 is 5.32 Å².